The number of para-hydroxylation sites is 3. The van der Waals surface area contributed by atoms with Gasteiger partial charge in [-0.05, 0) is 48.9 Å². The molecule has 3 aromatic rings. The van der Waals surface area contributed by atoms with E-state index >= 15 is 0 Å². The Morgan fingerprint density at radius 1 is 0.839 bits per heavy atom. The van der Waals surface area contributed by atoms with E-state index in [-0.39, 0.29) is 5.91 Å². The summed E-state index contributed by atoms with van der Waals surface area (Å²) in [6, 6.07) is 27.5. The van der Waals surface area contributed by atoms with Crippen LogP contribution in [0.15, 0.2) is 107 Å². The van der Waals surface area contributed by atoms with E-state index in [4.69, 9.17) is 4.99 Å². The number of hydrazine groups is 1. The fourth-order valence-corrected chi connectivity index (χ4v) is 3.95. The van der Waals surface area contributed by atoms with Crippen LogP contribution < -0.4 is 15.3 Å². The molecular weight excluding hydrogens is 384 g/mol. The minimum Gasteiger partial charge on any atom is -0.341 e. The number of aliphatic imine (C=N–C) groups is 1. The molecule has 0 bridgehead atoms. The molecule has 2 aliphatic rings. The first kappa shape index (κ1) is 18.9. The van der Waals surface area contributed by atoms with Crippen molar-refractivity contribution in [1.29, 1.82) is 0 Å². The summed E-state index contributed by atoms with van der Waals surface area (Å²) in [5.41, 5.74) is 8.41. The van der Waals surface area contributed by atoms with Gasteiger partial charge in [-0.3, -0.25) is 10.2 Å². The number of nitrogens with zero attached hydrogens (tertiary/aromatic N) is 3. The summed E-state index contributed by atoms with van der Waals surface area (Å²) in [6.07, 6.45) is 4.07. The quantitative estimate of drug-likeness (QED) is 0.618. The number of benzene rings is 3. The van der Waals surface area contributed by atoms with Crippen molar-refractivity contribution in [2.45, 2.75) is 6.92 Å². The minimum atomic E-state index is -0.127. The maximum absolute atomic E-state index is 13.6. The maximum atomic E-state index is 13.6. The van der Waals surface area contributed by atoms with E-state index in [1.165, 1.54) is 0 Å². The summed E-state index contributed by atoms with van der Waals surface area (Å²) < 4.78 is 0. The van der Waals surface area contributed by atoms with Crippen molar-refractivity contribution in [3.63, 3.8) is 0 Å². The molecule has 2 aliphatic heterocycles. The normalized spacial score (nSPS) is 19.0. The minimum absolute atomic E-state index is 0.127. The Labute approximate surface area is 181 Å². The van der Waals surface area contributed by atoms with E-state index in [1.807, 2.05) is 78.9 Å². The van der Waals surface area contributed by atoms with Crippen molar-refractivity contribution < 1.29 is 4.79 Å². The molecule has 0 aromatic heterocycles. The van der Waals surface area contributed by atoms with Gasteiger partial charge >= 0.3 is 0 Å². The molecule has 5 heteroatoms. The first-order valence-corrected chi connectivity index (χ1v) is 10.4. The van der Waals surface area contributed by atoms with Gasteiger partial charge in [-0.25, -0.2) is 10.0 Å². The number of anilines is 2. The van der Waals surface area contributed by atoms with E-state index in [0.717, 1.165) is 34.9 Å². The second-order valence-electron chi connectivity index (χ2n) is 7.28. The van der Waals surface area contributed by atoms with Gasteiger partial charge in [-0.2, -0.15) is 0 Å². The highest BCUT2D eigenvalue weighted by atomic mass is 16.2. The van der Waals surface area contributed by atoms with Crippen molar-refractivity contribution in [3.8, 4) is 0 Å². The summed E-state index contributed by atoms with van der Waals surface area (Å²) in [5.74, 6) is 0.413. The Morgan fingerprint density at radius 3 is 2.26 bits per heavy atom. The van der Waals surface area contributed by atoms with Gasteiger partial charge in [0.15, 0.2) is 5.84 Å². The number of allylic oxidation sites excluding steroid dienone is 1. The average molecular weight is 406 g/mol. The molecule has 2 heterocycles. The van der Waals surface area contributed by atoms with Crippen LogP contribution in [0.2, 0.25) is 0 Å². The number of nitrogens with one attached hydrogen (secondary N) is 1. The SMILES string of the molecule is CCN1C(=C2C(=O)N(c3ccccc3)NC2=Nc2ccccc2)C=Cc2ccccc21. The van der Waals surface area contributed by atoms with Gasteiger partial charge in [-0.1, -0.05) is 60.7 Å². The van der Waals surface area contributed by atoms with E-state index in [1.54, 1.807) is 5.01 Å². The topological polar surface area (TPSA) is 47.9 Å². The molecule has 1 amide bonds. The van der Waals surface area contributed by atoms with Crippen LogP contribution in [0.4, 0.5) is 17.1 Å². The predicted molar refractivity (Wildman–Crippen MR) is 126 cm³/mol. The summed E-state index contributed by atoms with van der Waals surface area (Å²) >= 11 is 0. The third kappa shape index (κ3) is 3.40. The van der Waals surface area contributed by atoms with E-state index in [2.05, 4.69) is 35.5 Å². The fraction of sp³-hybridized carbons (Fsp3) is 0.0769. The molecule has 31 heavy (non-hydrogen) atoms. The summed E-state index contributed by atoms with van der Waals surface area (Å²) in [5, 5.41) is 1.56. The largest absolute Gasteiger partial charge is 0.341 e. The van der Waals surface area contributed by atoms with Crippen molar-refractivity contribution in [2.24, 2.45) is 4.99 Å². The van der Waals surface area contributed by atoms with Gasteiger partial charge in [0.2, 0.25) is 0 Å². The highest BCUT2D eigenvalue weighted by molar-refractivity contribution is 6.32. The van der Waals surface area contributed by atoms with Gasteiger partial charge < -0.3 is 4.90 Å². The average Bonchev–Trinajstić information content (AvgIpc) is 3.15. The summed E-state index contributed by atoms with van der Waals surface area (Å²) in [7, 11) is 0. The van der Waals surface area contributed by atoms with E-state index in [9.17, 15) is 4.79 Å². The third-order valence-corrected chi connectivity index (χ3v) is 5.39. The Hall–Kier alpha value is -4.12. The zero-order chi connectivity index (χ0) is 21.2. The van der Waals surface area contributed by atoms with Crippen LogP contribution in [-0.2, 0) is 4.79 Å². The van der Waals surface area contributed by atoms with Crippen LogP contribution in [0.3, 0.4) is 0 Å². The predicted octanol–water partition coefficient (Wildman–Crippen LogP) is 5.08. The first-order valence-electron chi connectivity index (χ1n) is 10.4. The van der Waals surface area contributed by atoms with Crippen LogP contribution in [0.1, 0.15) is 12.5 Å². The van der Waals surface area contributed by atoms with E-state index < -0.39 is 0 Å². The third-order valence-electron chi connectivity index (χ3n) is 5.39. The smallest absolute Gasteiger partial charge is 0.282 e. The Bertz CT molecular complexity index is 1210. The Morgan fingerprint density at radius 2 is 1.52 bits per heavy atom. The molecule has 5 rings (SSSR count). The van der Waals surface area contributed by atoms with Crippen molar-refractivity contribution in [3.05, 3.63) is 108 Å². The van der Waals surface area contributed by atoms with Crippen LogP contribution in [0, 0.1) is 0 Å². The van der Waals surface area contributed by atoms with Crippen molar-refractivity contribution in [2.75, 3.05) is 16.5 Å². The molecule has 0 unspecified atom stereocenters. The molecule has 0 saturated carbocycles. The molecule has 3 aromatic carbocycles. The molecule has 5 nitrogen and oxygen atoms in total. The molecule has 1 fully saturated rings. The molecule has 1 N–H and O–H groups in total. The van der Waals surface area contributed by atoms with Crippen LogP contribution >= 0.6 is 0 Å². The number of hydrogen-bond donors (Lipinski definition) is 1. The van der Waals surface area contributed by atoms with E-state index in [0.29, 0.717) is 11.4 Å². The second kappa shape index (κ2) is 7.95. The molecule has 152 valence electrons. The van der Waals surface area contributed by atoms with Crippen LogP contribution in [0.25, 0.3) is 6.08 Å². The van der Waals surface area contributed by atoms with Crippen LogP contribution in [-0.4, -0.2) is 18.3 Å². The Balaban J connectivity index is 1.68. The lowest BCUT2D eigenvalue weighted by atomic mass is 10.0. The number of likely N-dealkylation sites (N-methyl/N-ethyl adjacent to an activating group) is 1. The maximum Gasteiger partial charge on any atom is 0.282 e. The van der Waals surface area contributed by atoms with Gasteiger partial charge in [0.1, 0.15) is 5.57 Å². The Kier molecular flexibility index (Phi) is 4.84. The zero-order valence-corrected chi connectivity index (χ0v) is 17.2. The van der Waals surface area contributed by atoms with Crippen molar-refractivity contribution in [1.82, 2.24) is 5.43 Å². The molecule has 0 spiro atoms. The first-order chi connectivity index (χ1) is 15.3. The number of amidine groups is 1. The number of fused-ring (bicyclic) bond motifs is 1. The lowest BCUT2D eigenvalue weighted by Crippen LogP contribution is -2.35. The number of amides is 1. The number of hydrogen-bond acceptors (Lipinski definition) is 3. The van der Waals surface area contributed by atoms with Gasteiger partial charge in [-0.15, -0.1) is 0 Å². The lowest BCUT2D eigenvalue weighted by molar-refractivity contribution is -0.114. The highest BCUT2D eigenvalue weighted by Crippen LogP contribution is 2.34. The fourth-order valence-electron chi connectivity index (χ4n) is 3.95. The molecule has 0 radical (unpaired) electrons. The van der Waals surface area contributed by atoms with Gasteiger partial charge in [0.05, 0.1) is 17.1 Å². The number of carbonyl (C=O) groups is 1. The van der Waals surface area contributed by atoms with Gasteiger partial charge in [0, 0.05) is 12.2 Å². The lowest BCUT2D eigenvalue weighted by Gasteiger charge is -2.30. The number of rotatable bonds is 3. The molecular formula is C26H22N4O. The monoisotopic (exact) mass is 406 g/mol. The zero-order valence-electron chi connectivity index (χ0n) is 17.2. The standard InChI is InChI=1S/C26H22N4O/c1-2-29-22-16-10-9-11-19(22)17-18-23(29)24-25(27-20-12-5-3-6-13-20)28-30(26(24)31)21-14-7-4-8-15-21/h3-18H,2H2,1H3,(H,27,28). The molecule has 0 atom stereocenters. The molecule has 0 aliphatic carbocycles. The van der Waals surface area contributed by atoms with Crippen molar-refractivity contribution >= 4 is 34.9 Å². The van der Waals surface area contributed by atoms with Gasteiger partial charge in [0.25, 0.3) is 5.91 Å². The second-order valence-corrected chi connectivity index (χ2v) is 7.28. The summed E-state index contributed by atoms with van der Waals surface area (Å²) in [6.45, 7) is 2.82. The van der Waals surface area contributed by atoms with Crippen LogP contribution in [0.5, 0.6) is 0 Å². The highest BCUT2D eigenvalue weighted by Gasteiger charge is 2.37. The summed E-state index contributed by atoms with van der Waals surface area (Å²) in [4.78, 5) is 20.6. The number of carbonyl (C=O) groups excluding carboxylic acids is 1. The molecule has 1 saturated heterocycles.